The van der Waals surface area contributed by atoms with Crippen LogP contribution in [0.3, 0.4) is 0 Å². The Hall–Kier alpha value is -0.180. The first-order chi connectivity index (χ1) is 5.18. The van der Waals surface area contributed by atoms with E-state index in [9.17, 15) is 0 Å². The molecule has 1 heterocycles. The van der Waals surface area contributed by atoms with Crippen molar-refractivity contribution in [1.29, 1.82) is 0 Å². The Labute approximate surface area is 72.9 Å². The van der Waals surface area contributed by atoms with Gasteiger partial charge in [-0.05, 0) is 19.8 Å². The van der Waals surface area contributed by atoms with Crippen molar-refractivity contribution in [1.82, 2.24) is 5.32 Å². The van der Waals surface area contributed by atoms with Crippen LogP contribution in [-0.4, -0.2) is 23.5 Å². The normalized spacial score (nSPS) is 25.1. The van der Waals surface area contributed by atoms with Crippen molar-refractivity contribution in [2.45, 2.75) is 26.8 Å². The first-order valence-electron chi connectivity index (χ1n) is 4.12. The standard InChI is InChI=1S/C8H16N2S/c1-6(2)10-8-9-4-7(3)5-11-8/h6-7H,4-5H2,1-3H3,(H,9,10). The summed E-state index contributed by atoms with van der Waals surface area (Å²) in [7, 11) is 0. The van der Waals surface area contributed by atoms with Crippen LogP contribution in [0, 0.1) is 5.92 Å². The topological polar surface area (TPSA) is 24.4 Å². The molecule has 1 aliphatic rings. The number of thioether (sulfide) groups is 1. The molecule has 1 aliphatic heterocycles. The molecule has 0 fully saturated rings. The summed E-state index contributed by atoms with van der Waals surface area (Å²) in [5.41, 5.74) is 0. The zero-order chi connectivity index (χ0) is 8.27. The van der Waals surface area contributed by atoms with Crippen molar-refractivity contribution in [2.75, 3.05) is 12.3 Å². The second-order valence-corrected chi connectivity index (χ2v) is 4.37. The van der Waals surface area contributed by atoms with Crippen molar-refractivity contribution in [3.63, 3.8) is 0 Å². The first-order valence-corrected chi connectivity index (χ1v) is 5.11. The molecule has 0 spiro atoms. The second-order valence-electron chi connectivity index (χ2n) is 3.36. The number of aliphatic imine (C=N–C) groups is 1. The molecule has 0 saturated heterocycles. The Morgan fingerprint density at radius 1 is 1.64 bits per heavy atom. The molecule has 0 bridgehead atoms. The fraction of sp³-hybridized carbons (Fsp3) is 0.875. The number of rotatable bonds is 1. The van der Waals surface area contributed by atoms with Gasteiger partial charge < -0.3 is 5.32 Å². The lowest BCUT2D eigenvalue weighted by Crippen LogP contribution is -2.31. The summed E-state index contributed by atoms with van der Waals surface area (Å²) < 4.78 is 0. The van der Waals surface area contributed by atoms with Crippen LogP contribution in [0.4, 0.5) is 0 Å². The molecule has 11 heavy (non-hydrogen) atoms. The summed E-state index contributed by atoms with van der Waals surface area (Å²) in [4.78, 5) is 4.42. The minimum absolute atomic E-state index is 0.509. The Kier molecular flexibility index (Phi) is 3.24. The van der Waals surface area contributed by atoms with Gasteiger partial charge in [0.1, 0.15) is 0 Å². The fourth-order valence-electron chi connectivity index (χ4n) is 0.893. The summed E-state index contributed by atoms with van der Waals surface area (Å²) in [6.45, 7) is 7.51. The molecule has 0 radical (unpaired) electrons. The number of nitrogens with zero attached hydrogens (tertiary/aromatic N) is 1. The highest BCUT2D eigenvalue weighted by Crippen LogP contribution is 2.15. The minimum atomic E-state index is 0.509. The van der Waals surface area contributed by atoms with Gasteiger partial charge in [-0.1, -0.05) is 18.7 Å². The molecule has 1 rings (SSSR count). The van der Waals surface area contributed by atoms with Crippen LogP contribution < -0.4 is 5.32 Å². The van der Waals surface area contributed by atoms with E-state index in [1.54, 1.807) is 0 Å². The number of hydrogen-bond acceptors (Lipinski definition) is 3. The number of amidine groups is 1. The van der Waals surface area contributed by atoms with Gasteiger partial charge in [0.05, 0.1) is 0 Å². The molecule has 1 N–H and O–H groups in total. The van der Waals surface area contributed by atoms with Crippen molar-refractivity contribution in [2.24, 2.45) is 10.9 Å². The molecule has 0 aromatic heterocycles. The van der Waals surface area contributed by atoms with E-state index in [1.807, 2.05) is 11.8 Å². The van der Waals surface area contributed by atoms with Crippen LogP contribution in [0.15, 0.2) is 4.99 Å². The van der Waals surface area contributed by atoms with Gasteiger partial charge in [-0.15, -0.1) is 0 Å². The highest BCUT2D eigenvalue weighted by Gasteiger charge is 2.11. The van der Waals surface area contributed by atoms with Crippen molar-refractivity contribution in [3.05, 3.63) is 0 Å². The Morgan fingerprint density at radius 3 is 2.82 bits per heavy atom. The van der Waals surface area contributed by atoms with Gasteiger partial charge in [-0.25, -0.2) is 0 Å². The van der Waals surface area contributed by atoms with Crippen molar-refractivity contribution < 1.29 is 0 Å². The third kappa shape index (κ3) is 3.14. The first kappa shape index (κ1) is 8.91. The smallest absolute Gasteiger partial charge is 0.156 e. The summed E-state index contributed by atoms with van der Waals surface area (Å²) in [6.07, 6.45) is 0. The quantitative estimate of drug-likeness (QED) is 0.651. The average Bonchev–Trinajstić information content (AvgIpc) is 1.93. The summed E-state index contributed by atoms with van der Waals surface area (Å²) in [6, 6.07) is 0.509. The maximum atomic E-state index is 4.42. The van der Waals surface area contributed by atoms with Gasteiger partial charge in [0.15, 0.2) is 5.17 Å². The van der Waals surface area contributed by atoms with Gasteiger partial charge in [0, 0.05) is 18.3 Å². The van der Waals surface area contributed by atoms with Crippen LogP contribution in [0.1, 0.15) is 20.8 Å². The van der Waals surface area contributed by atoms with Gasteiger partial charge >= 0.3 is 0 Å². The third-order valence-electron chi connectivity index (χ3n) is 1.46. The number of hydrogen-bond donors (Lipinski definition) is 1. The van der Waals surface area contributed by atoms with E-state index in [0.717, 1.165) is 17.6 Å². The SMILES string of the molecule is CC1CN=C(NC(C)C)SC1. The minimum Gasteiger partial charge on any atom is -0.363 e. The van der Waals surface area contributed by atoms with Crippen LogP contribution in [0.5, 0.6) is 0 Å². The largest absolute Gasteiger partial charge is 0.363 e. The average molecular weight is 172 g/mol. The van der Waals surface area contributed by atoms with Crippen LogP contribution >= 0.6 is 11.8 Å². The Balaban J connectivity index is 2.35. The van der Waals surface area contributed by atoms with Crippen molar-refractivity contribution in [3.8, 4) is 0 Å². The maximum absolute atomic E-state index is 4.42. The lowest BCUT2D eigenvalue weighted by Gasteiger charge is -2.19. The van der Waals surface area contributed by atoms with E-state index in [2.05, 4.69) is 31.1 Å². The summed E-state index contributed by atoms with van der Waals surface area (Å²) >= 11 is 1.84. The molecular weight excluding hydrogens is 156 g/mol. The van der Waals surface area contributed by atoms with Crippen LogP contribution in [0.2, 0.25) is 0 Å². The van der Waals surface area contributed by atoms with Gasteiger partial charge in [-0.2, -0.15) is 0 Å². The van der Waals surface area contributed by atoms with Gasteiger partial charge in [-0.3, -0.25) is 4.99 Å². The monoisotopic (exact) mass is 172 g/mol. The number of nitrogens with one attached hydrogen (secondary N) is 1. The lowest BCUT2D eigenvalue weighted by molar-refractivity contribution is 0.661. The lowest BCUT2D eigenvalue weighted by atomic mass is 10.2. The van der Waals surface area contributed by atoms with Crippen LogP contribution in [0.25, 0.3) is 0 Å². The molecule has 3 heteroatoms. The molecule has 1 unspecified atom stereocenters. The zero-order valence-electron chi connectivity index (χ0n) is 7.42. The predicted molar refractivity (Wildman–Crippen MR) is 52.2 cm³/mol. The highest BCUT2D eigenvalue weighted by atomic mass is 32.2. The van der Waals surface area contributed by atoms with E-state index in [0.29, 0.717) is 6.04 Å². The van der Waals surface area contributed by atoms with E-state index in [1.165, 1.54) is 5.75 Å². The second kappa shape index (κ2) is 4.00. The van der Waals surface area contributed by atoms with E-state index >= 15 is 0 Å². The van der Waals surface area contributed by atoms with Crippen molar-refractivity contribution >= 4 is 16.9 Å². The molecule has 0 aromatic rings. The molecule has 0 amide bonds. The summed E-state index contributed by atoms with van der Waals surface area (Å²) in [5, 5.41) is 4.44. The molecule has 2 nitrogen and oxygen atoms in total. The molecule has 0 saturated carbocycles. The molecule has 64 valence electrons. The fourth-order valence-corrected chi connectivity index (χ4v) is 1.93. The molecule has 0 aliphatic carbocycles. The van der Waals surface area contributed by atoms with Gasteiger partial charge in [0.2, 0.25) is 0 Å². The maximum Gasteiger partial charge on any atom is 0.156 e. The Bertz CT molecular complexity index is 154. The Morgan fingerprint density at radius 2 is 2.36 bits per heavy atom. The predicted octanol–water partition coefficient (Wildman–Crippen LogP) is 1.72. The molecular formula is C8H16N2S. The van der Waals surface area contributed by atoms with E-state index in [-0.39, 0.29) is 0 Å². The zero-order valence-corrected chi connectivity index (χ0v) is 8.24. The summed E-state index contributed by atoms with van der Waals surface area (Å²) in [5.74, 6) is 1.95. The van der Waals surface area contributed by atoms with Gasteiger partial charge in [0.25, 0.3) is 0 Å². The van der Waals surface area contributed by atoms with E-state index in [4.69, 9.17) is 0 Å². The third-order valence-corrected chi connectivity index (χ3v) is 2.72. The highest BCUT2D eigenvalue weighted by molar-refractivity contribution is 8.13. The molecule has 0 aromatic carbocycles. The van der Waals surface area contributed by atoms with E-state index < -0.39 is 0 Å². The van der Waals surface area contributed by atoms with Crippen LogP contribution in [-0.2, 0) is 0 Å². The molecule has 1 atom stereocenters.